The van der Waals surface area contributed by atoms with Gasteiger partial charge in [-0.15, -0.1) is 0 Å². The quantitative estimate of drug-likeness (QED) is 0.0590. The van der Waals surface area contributed by atoms with Crippen LogP contribution in [0.1, 0.15) is 47.6 Å². The number of benzene rings is 4. The van der Waals surface area contributed by atoms with Gasteiger partial charge in [0.1, 0.15) is 37.1 Å². The van der Waals surface area contributed by atoms with Crippen molar-refractivity contribution in [1.29, 1.82) is 0 Å². The lowest BCUT2D eigenvalue weighted by Gasteiger charge is -2.25. The summed E-state index contributed by atoms with van der Waals surface area (Å²) in [6.07, 6.45) is 1.06. The average Bonchev–Trinajstić information content (AvgIpc) is 3.14. The van der Waals surface area contributed by atoms with E-state index >= 15 is 0 Å². The fraction of sp³-hybridized carbons (Fsp3) is 0.308. The number of unbranched alkanes of at least 4 members (excludes halogenated alkanes) is 1. The normalized spacial score (nSPS) is 13.4. The van der Waals surface area contributed by atoms with Gasteiger partial charge in [0.25, 0.3) is 0 Å². The Kier molecular flexibility index (Phi) is 14.5. The number of hydrogen-bond acceptors (Lipinski definition) is 9. The van der Waals surface area contributed by atoms with Crippen molar-refractivity contribution < 1.29 is 34.1 Å². The number of carboxylic acids is 1. The van der Waals surface area contributed by atoms with E-state index in [2.05, 4.69) is 10.6 Å². The molecule has 50 heavy (non-hydrogen) atoms. The van der Waals surface area contributed by atoms with Crippen molar-refractivity contribution in [2.75, 3.05) is 13.6 Å². The molecule has 0 saturated heterocycles. The molecule has 0 aliphatic rings. The van der Waals surface area contributed by atoms with E-state index in [1.54, 1.807) is 31.3 Å². The summed E-state index contributed by atoms with van der Waals surface area (Å²) in [6, 6.07) is 26.6. The van der Waals surface area contributed by atoms with Gasteiger partial charge in [-0.25, -0.2) is 4.79 Å². The smallest absolute Gasteiger partial charge is 0.329 e. The highest BCUT2D eigenvalue weighted by molar-refractivity contribution is 5.87. The first kappa shape index (κ1) is 37.7. The maximum Gasteiger partial charge on any atom is 0.329 e. The molecule has 11 heteroatoms. The maximum atomic E-state index is 13.2. The van der Waals surface area contributed by atoms with Crippen molar-refractivity contribution in [3.8, 4) is 22.6 Å². The zero-order valence-corrected chi connectivity index (χ0v) is 28.2. The number of ether oxygens (including phenoxy) is 2. The minimum Gasteiger partial charge on any atom is -0.489 e. The molecule has 0 aromatic heterocycles. The summed E-state index contributed by atoms with van der Waals surface area (Å²) in [7, 11) is 1.62. The number of aliphatic carboxylic acids is 1. The number of likely N-dealkylation sites (N-methyl/N-ethyl adjacent to an activating group) is 1. The zero-order valence-electron chi connectivity index (χ0n) is 28.2. The highest BCUT2D eigenvalue weighted by Crippen LogP contribution is 2.35. The summed E-state index contributed by atoms with van der Waals surface area (Å²) in [4.78, 5) is 37.2. The zero-order chi connectivity index (χ0) is 35.9. The molecule has 0 heterocycles. The fourth-order valence-corrected chi connectivity index (χ4v) is 5.53. The number of carbonyl (C=O) groups excluding carboxylic acids is 2. The van der Waals surface area contributed by atoms with E-state index in [1.165, 1.54) is 0 Å². The number of nitrogens with one attached hydrogen (secondary N) is 2. The molecule has 0 saturated carbocycles. The minimum atomic E-state index is -1.68. The standard InChI is InChI=1S/C39H46N4O7/c1-42-33(14-8-9-19-40)38(46)43-36(39(47)48)37(45)32-22-29(16-18-35(32)50-25-27-12-6-3-7-13-27)28-15-17-34(30(20-28)21-31(41)23-44)49-24-26-10-4-2-5-11-26/h2-7,10-13,15-18,20,22-23,31,33,36-37,42,45H,8-9,14,19,21,24-25,40-41H2,1H3,(H,43,46)(H,47,48)/t31?,33-,36?,37?/m0/s1. The van der Waals surface area contributed by atoms with Gasteiger partial charge in [0, 0.05) is 5.56 Å². The predicted octanol–water partition coefficient (Wildman–Crippen LogP) is 3.90. The number of aldehydes is 1. The van der Waals surface area contributed by atoms with Crippen molar-refractivity contribution in [2.24, 2.45) is 11.5 Å². The van der Waals surface area contributed by atoms with Gasteiger partial charge in [0.2, 0.25) is 5.91 Å². The number of amides is 1. The van der Waals surface area contributed by atoms with Crippen molar-refractivity contribution >= 4 is 18.2 Å². The molecule has 0 aliphatic heterocycles. The molecule has 0 radical (unpaired) electrons. The third-order valence-electron chi connectivity index (χ3n) is 8.32. The molecule has 0 aliphatic carbocycles. The number of aliphatic hydroxyl groups excluding tert-OH is 1. The fourth-order valence-electron chi connectivity index (χ4n) is 5.53. The summed E-state index contributed by atoms with van der Waals surface area (Å²) >= 11 is 0. The Morgan fingerprint density at radius 1 is 0.840 bits per heavy atom. The van der Waals surface area contributed by atoms with Gasteiger partial charge in [-0.3, -0.25) is 4.79 Å². The van der Waals surface area contributed by atoms with Crippen LogP contribution in [0.5, 0.6) is 11.5 Å². The number of hydrogen-bond donors (Lipinski definition) is 6. The predicted molar refractivity (Wildman–Crippen MR) is 191 cm³/mol. The van der Waals surface area contributed by atoms with Crippen molar-refractivity contribution in [2.45, 2.75) is 63.1 Å². The Morgan fingerprint density at radius 3 is 1.98 bits per heavy atom. The van der Waals surface area contributed by atoms with E-state index in [0.717, 1.165) is 11.1 Å². The van der Waals surface area contributed by atoms with E-state index in [4.69, 9.17) is 20.9 Å². The summed E-state index contributed by atoms with van der Waals surface area (Å²) in [5.41, 5.74) is 15.7. The van der Waals surface area contributed by atoms with Crippen LogP contribution in [0.4, 0.5) is 0 Å². The number of aliphatic hydroxyl groups is 1. The second-order valence-electron chi connectivity index (χ2n) is 12.0. The molecule has 0 spiro atoms. The Morgan fingerprint density at radius 2 is 1.42 bits per heavy atom. The van der Waals surface area contributed by atoms with Crippen molar-refractivity contribution in [3.05, 3.63) is 119 Å². The molecule has 4 aromatic rings. The van der Waals surface area contributed by atoms with Gasteiger partial charge < -0.3 is 46.6 Å². The van der Waals surface area contributed by atoms with E-state index < -0.39 is 36.1 Å². The van der Waals surface area contributed by atoms with E-state index in [1.807, 2.05) is 72.8 Å². The van der Waals surface area contributed by atoms with Crippen LogP contribution in [0, 0.1) is 0 Å². The molecule has 8 N–H and O–H groups in total. The average molecular weight is 683 g/mol. The van der Waals surface area contributed by atoms with Gasteiger partial charge in [0.15, 0.2) is 6.04 Å². The minimum absolute atomic E-state index is 0.161. The van der Waals surface area contributed by atoms with Crippen LogP contribution in [0.15, 0.2) is 97.1 Å². The molecule has 1 amide bonds. The van der Waals surface area contributed by atoms with Crippen molar-refractivity contribution in [3.63, 3.8) is 0 Å². The van der Waals surface area contributed by atoms with Gasteiger partial charge in [-0.1, -0.05) is 79.2 Å². The van der Waals surface area contributed by atoms with Gasteiger partial charge in [0.05, 0.1) is 12.1 Å². The molecular formula is C39H46N4O7. The Balaban J connectivity index is 1.69. The largest absolute Gasteiger partial charge is 0.489 e. The molecule has 4 aromatic carbocycles. The monoisotopic (exact) mass is 682 g/mol. The third-order valence-corrected chi connectivity index (χ3v) is 8.32. The maximum absolute atomic E-state index is 13.2. The van der Waals surface area contributed by atoms with Crippen LogP contribution in [-0.2, 0) is 34.0 Å². The molecular weight excluding hydrogens is 636 g/mol. The summed E-state index contributed by atoms with van der Waals surface area (Å²) in [5, 5.41) is 27.3. The first-order valence-electron chi connectivity index (χ1n) is 16.6. The van der Waals surface area contributed by atoms with Crippen LogP contribution in [0.3, 0.4) is 0 Å². The highest BCUT2D eigenvalue weighted by Gasteiger charge is 2.33. The number of carbonyl (C=O) groups is 3. The Hall–Kier alpha value is -5.07. The lowest BCUT2D eigenvalue weighted by molar-refractivity contribution is -0.145. The lowest BCUT2D eigenvalue weighted by atomic mass is 9.94. The summed E-state index contributed by atoms with van der Waals surface area (Å²) in [6.45, 7) is 0.955. The number of carboxylic acid groups (broad SMARTS) is 1. The topological polar surface area (TPSA) is 186 Å². The van der Waals surface area contributed by atoms with E-state index in [-0.39, 0.29) is 24.3 Å². The van der Waals surface area contributed by atoms with Crippen LogP contribution in [0.2, 0.25) is 0 Å². The van der Waals surface area contributed by atoms with E-state index in [0.29, 0.717) is 61.1 Å². The molecule has 0 fully saturated rings. The van der Waals surface area contributed by atoms with Crippen LogP contribution >= 0.6 is 0 Å². The molecule has 264 valence electrons. The first-order valence-corrected chi connectivity index (χ1v) is 16.6. The van der Waals surface area contributed by atoms with Crippen LogP contribution < -0.4 is 31.6 Å². The summed E-state index contributed by atoms with van der Waals surface area (Å²) < 4.78 is 12.2. The molecule has 0 bridgehead atoms. The molecule has 4 rings (SSSR count). The third kappa shape index (κ3) is 10.7. The van der Waals surface area contributed by atoms with Crippen LogP contribution in [-0.4, -0.2) is 60.1 Å². The van der Waals surface area contributed by atoms with Crippen LogP contribution in [0.25, 0.3) is 11.1 Å². The highest BCUT2D eigenvalue weighted by atomic mass is 16.5. The Bertz CT molecular complexity index is 1690. The molecule has 3 unspecified atom stereocenters. The van der Waals surface area contributed by atoms with Crippen molar-refractivity contribution in [1.82, 2.24) is 10.6 Å². The van der Waals surface area contributed by atoms with E-state index in [9.17, 15) is 24.6 Å². The molecule has 11 nitrogen and oxygen atoms in total. The number of nitrogens with two attached hydrogens (primary N) is 2. The SMILES string of the molecule is CN[C@@H](CCCCN)C(=O)NC(C(=O)O)C(O)c1cc(-c2ccc(OCc3ccccc3)c(CC(N)C=O)c2)ccc1OCc1ccccc1. The van der Waals surface area contributed by atoms with Gasteiger partial charge >= 0.3 is 5.97 Å². The van der Waals surface area contributed by atoms with Gasteiger partial charge in [-0.2, -0.15) is 0 Å². The first-order chi connectivity index (χ1) is 24.2. The number of rotatable bonds is 20. The summed E-state index contributed by atoms with van der Waals surface area (Å²) in [5.74, 6) is -1.14. The Labute approximate surface area is 292 Å². The molecule has 4 atom stereocenters. The lowest BCUT2D eigenvalue weighted by Crippen LogP contribution is -2.51. The second-order valence-corrected chi connectivity index (χ2v) is 12.0. The second kappa shape index (κ2) is 19.2. The van der Waals surface area contributed by atoms with Gasteiger partial charge in [-0.05, 0) is 84.9 Å².